The molecule has 2 amide bonds. The third kappa shape index (κ3) is 3.54. The predicted molar refractivity (Wildman–Crippen MR) is 62.4 cm³/mol. The van der Waals surface area contributed by atoms with Crippen molar-refractivity contribution in [2.75, 3.05) is 18.8 Å². The topological polar surface area (TPSA) is 142 Å². The van der Waals surface area contributed by atoms with Crippen LogP contribution in [0.2, 0.25) is 0 Å². The van der Waals surface area contributed by atoms with Crippen LogP contribution in [0.4, 0.5) is 15.4 Å². The van der Waals surface area contributed by atoms with Gasteiger partial charge in [-0.15, -0.1) is 0 Å². The number of nitrogen functional groups attached to an aromatic ring is 1. The largest absolute Gasteiger partial charge is 0.465 e. The van der Waals surface area contributed by atoms with Crippen LogP contribution >= 0.6 is 0 Å². The minimum absolute atomic E-state index is 0.0471. The van der Waals surface area contributed by atoms with Gasteiger partial charge in [0.05, 0.1) is 6.20 Å². The molecule has 0 saturated carbocycles. The maximum Gasteiger partial charge on any atom is 0.404 e. The van der Waals surface area contributed by atoms with Gasteiger partial charge < -0.3 is 26.6 Å². The van der Waals surface area contributed by atoms with Crippen molar-refractivity contribution in [2.45, 2.75) is 5.92 Å². The molecule has 18 heavy (non-hydrogen) atoms. The number of carboxylic acid groups (broad SMARTS) is 2. The van der Waals surface area contributed by atoms with Crippen LogP contribution < -0.4 is 16.4 Å². The molecule has 0 saturated heterocycles. The summed E-state index contributed by atoms with van der Waals surface area (Å²) in [6.07, 6.45) is -0.872. The first kappa shape index (κ1) is 13.6. The first-order valence-electron chi connectivity index (χ1n) is 5.12. The van der Waals surface area contributed by atoms with Crippen LogP contribution in [-0.4, -0.2) is 45.3 Å². The van der Waals surface area contributed by atoms with Crippen molar-refractivity contribution in [1.29, 1.82) is 0 Å². The first-order valence-corrected chi connectivity index (χ1v) is 5.12. The number of nitrogens with one attached hydrogen (secondary N) is 2. The van der Waals surface area contributed by atoms with Gasteiger partial charge in [0, 0.05) is 31.6 Å². The average Bonchev–Trinajstić information content (AvgIpc) is 2.60. The fourth-order valence-electron chi connectivity index (χ4n) is 1.49. The summed E-state index contributed by atoms with van der Waals surface area (Å²) in [7, 11) is 1.64. The van der Waals surface area contributed by atoms with Gasteiger partial charge in [0.1, 0.15) is 5.82 Å². The number of hydrogen-bond acceptors (Lipinski definition) is 4. The van der Waals surface area contributed by atoms with E-state index in [0.717, 1.165) is 0 Å². The SMILES string of the molecule is Cn1ncc(C(CNC(=O)O)CNC(=O)O)c1N. The molecule has 1 rings (SSSR count). The van der Waals surface area contributed by atoms with Gasteiger partial charge in [-0.25, -0.2) is 9.59 Å². The Morgan fingerprint density at radius 2 is 1.89 bits per heavy atom. The Labute approximate surface area is 103 Å². The minimum Gasteiger partial charge on any atom is -0.465 e. The van der Waals surface area contributed by atoms with E-state index in [1.165, 1.54) is 10.9 Å². The number of rotatable bonds is 5. The molecule has 1 heterocycles. The van der Waals surface area contributed by atoms with Gasteiger partial charge in [0.15, 0.2) is 0 Å². The molecular formula is C9H15N5O4. The van der Waals surface area contributed by atoms with Gasteiger partial charge in [0.2, 0.25) is 0 Å². The second kappa shape index (κ2) is 5.75. The molecule has 0 unspecified atom stereocenters. The Balaban J connectivity index is 2.78. The monoisotopic (exact) mass is 257 g/mol. The number of aryl methyl sites for hydroxylation is 1. The molecule has 0 aromatic carbocycles. The van der Waals surface area contributed by atoms with Gasteiger partial charge in [-0.1, -0.05) is 0 Å². The molecule has 0 spiro atoms. The van der Waals surface area contributed by atoms with Crippen LogP contribution in [0.3, 0.4) is 0 Å². The molecule has 0 aliphatic heterocycles. The van der Waals surface area contributed by atoms with E-state index >= 15 is 0 Å². The van der Waals surface area contributed by atoms with Crippen LogP contribution in [0.1, 0.15) is 11.5 Å². The average molecular weight is 257 g/mol. The summed E-state index contributed by atoms with van der Waals surface area (Å²) >= 11 is 0. The molecule has 6 N–H and O–H groups in total. The summed E-state index contributed by atoms with van der Waals surface area (Å²) in [6, 6.07) is 0. The Hall–Kier alpha value is -2.45. The van der Waals surface area contributed by atoms with Crippen LogP contribution in [0.25, 0.3) is 0 Å². The summed E-state index contributed by atoms with van der Waals surface area (Å²) in [6.45, 7) is 0.0943. The predicted octanol–water partition coefficient (Wildman–Crippen LogP) is -0.379. The van der Waals surface area contributed by atoms with Gasteiger partial charge in [-0.05, 0) is 0 Å². The number of carbonyl (C=O) groups is 2. The normalized spacial score (nSPS) is 10.3. The van der Waals surface area contributed by atoms with Crippen LogP contribution in [-0.2, 0) is 7.05 Å². The third-order valence-corrected chi connectivity index (χ3v) is 2.45. The zero-order chi connectivity index (χ0) is 13.7. The molecule has 1 aromatic rings. The lowest BCUT2D eigenvalue weighted by Crippen LogP contribution is -2.34. The van der Waals surface area contributed by atoms with Crippen molar-refractivity contribution in [2.24, 2.45) is 7.05 Å². The summed E-state index contributed by atoms with van der Waals surface area (Å²) in [5, 5.41) is 25.4. The smallest absolute Gasteiger partial charge is 0.404 e. The standard InChI is InChI=1S/C9H15N5O4/c1-14-7(10)6(4-13-14)5(2-11-8(15)16)3-12-9(17)18/h4-5,11-12H,2-3,10H2,1H3,(H,15,16)(H,17,18). The van der Waals surface area contributed by atoms with E-state index in [4.69, 9.17) is 15.9 Å². The number of amides is 2. The minimum atomic E-state index is -1.18. The fraction of sp³-hybridized carbons (Fsp3) is 0.444. The summed E-state index contributed by atoms with van der Waals surface area (Å²) in [4.78, 5) is 20.9. The lowest BCUT2D eigenvalue weighted by atomic mass is 10.0. The molecule has 0 bridgehead atoms. The van der Waals surface area contributed by atoms with Crippen molar-refractivity contribution in [3.63, 3.8) is 0 Å². The van der Waals surface area contributed by atoms with Gasteiger partial charge >= 0.3 is 12.2 Å². The zero-order valence-corrected chi connectivity index (χ0v) is 9.75. The Morgan fingerprint density at radius 1 is 1.39 bits per heavy atom. The fourth-order valence-corrected chi connectivity index (χ4v) is 1.49. The molecule has 0 atom stereocenters. The Bertz CT molecular complexity index is 426. The molecule has 0 radical (unpaired) electrons. The summed E-state index contributed by atoms with van der Waals surface area (Å²) in [5.41, 5.74) is 6.36. The maximum atomic E-state index is 10.5. The highest BCUT2D eigenvalue weighted by Gasteiger charge is 2.19. The van der Waals surface area contributed by atoms with Crippen molar-refractivity contribution in [3.8, 4) is 0 Å². The highest BCUT2D eigenvalue weighted by atomic mass is 16.4. The molecule has 0 aliphatic carbocycles. The highest BCUT2D eigenvalue weighted by Crippen LogP contribution is 2.20. The second-order valence-electron chi connectivity index (χ2n) is 3.68. The van der Waals surface area contributed by atoms with Crippen molar-refractivity contribution in [3.05, 3.63) is 11.8 Å². The van der Waals surface area contributed by atoms with Crippen LogP contribution in [0.5, 0.6) is 0 Å². The number of anilines is 1. The van der Waals surface area contributed by atoms with E-state index < -0.39 is 18.1 Å². The van der Waals surface area contributed by atoms with Crippen LogP contribution in [0.15, 0.2) is 6.20 Å². The lowest BCUT2D eigenvalue weighted by molar-refractivity contribution is 0.191. The van der Waals surface area contributed by atoms with Crippen molar-refractivity contribution >= 4 is 18.0 Å². The Kier molecular flexibility index (Phi) is 4.35. The number of nitrogens with zero attached hydrogens (tertiary/aromatic N) is 2. The van der Waals surface area contributed by atoms with Crippen LogP contribution in [0, 0.1) is 0 Å². The first-order chi connectivity index (χ1) is 8.41. The zero-order valence-electron chi connectivity index (χ0n) is 9.75. The van der Waals surface area contributed by atoms with E-state index in [2.05, 4.69) is 15.7 Å². The Morgan fingerprint density at radius 3 is 2.22 bits per heavy atom. The molecule has 0 aliphatic rings. The quantitative estimate of drug-likeness (QED) is 0.486. The van der Waals surface area contributed by atoms with E-state index in [9.17, 15) is 9.59 Å². The number of nitrogens with two attached hydrogens (primary N) is 1. The molecule has 9 nitrogen and oxygen atoms in total. The maximum absolute atomic E-state index is 10.5. The van der Waals surface area contributed by atoms with E-state index in [0.29, 0.717) is 11.4 Å². The third-order valence-electron chi connectivity index (χ3n) is 2.45. The summed E-state index contributed by atoms with van der Waals surface area (Å²) in [5.74, 6) is -0.0368. The van der Waals surface area contributed by atoms with E-state index in [1.54, 1.807) is 7.05 Å². The lowest BCUT2D eigenvalue weighted by Gasteiger charge is -2.16. The molecular weight excluding hydrogens is 242 g/mol. The van der Waals surface area contributed by atoms with E-state index in [1.807, 2.05) is 0 Å². The van der Waals surface area contributed by atoms with Crippen molar-refractivity contribution < 1.29 is 19.8 Å². The molecule has 9 heteroatoms. The molecule has 0 fully saturated rings. The highest BCUT2D eigenvalue weighted by molar-refractivity contribution is 5.65. The number of aromatic nitrogens is 2. The van der Waals surface area contributed by atoms with Gasteiger partial charge in [0.25, 0.3) is 0 Å². The molecule has 100 valence electrons. The van der Waals surface area contributed by atoms with Gasteiger partial charge in [-0.3, -0.25) is 4.68 Å². The second-order valence-corrected chi connectivity index (χ2v) is 3.68. The molecule has 1 aromatic heterocycles. The van der Waals surface area contributed by atoms with E-state index in [-0.39, 0.29) is 13.1 Å². The van der Waals surface area contributed by atoms with Crippen molar-refractivity contribution in [1.82, 2.24) is 20.4 Å². The summed E-state index contributed by atoms with van der Waals surface area (Å²) < 4.78 is 1.43. The number of hydrogen-bond donors (Lipinski definition) is 5. The van der Waals surface area contributed by atoms with Gasteiger partial charge in [-0.2, -0.15) is 5.10 Å².